The van der Waals surface area contributed by atoms with Crippen LogP contribution in [0, 0.1) is 3.57 Å². The molecular weight excluding hydrogens is 305 g/mol. The number of aromatic nitrogens is 1. The Morgan fingerprint density at radius 3 is 2.87 bits per heavy atom. The first-order valence-electron chi connectivity index (χ1n) is 4.46. The van der Waals surface area contributed by atoms with E-state index in [-0.39, 0.29) is 5.97 Å². The van der Waals surface area contributed by atoms with Crippen molar-refractivity contribution in [2.75, 3.05) is 7.11 Å². The number of hydrogen-bond acceptors (Lipinski definition) is 2. The van der Waals surface area contributed by atoms with Crippen LogP contribution in [0.4, 0.5) is 0 Å². The third-order valence-electron chi connectivity index (χ3n) is 2.37. The maximum atomic E-state index is 11.4. The Morgan fingerprint density at radius 1 is 1.47 bits per heavy atom. The van der Waals surface area contributed by atoms with Gasteiger partial charge in [-0.15, -0.1) is 0 Å². The summed E-state index contributed by atoms with van der Waals surface area (Å²) >= 11 is 2.23. The van der Waals surface area contributed by atoms with Crippen LogP contribution in [0.15, 0.2) is 24.4 Å². The second-order valence-electron chi connectivity index (χ2n) is 3.31. The lowest BCUT2D eigenvalue weighted by atomic mass is 10.1. The molecule has 1 aromatic carbocycles. The molecule has 0 bridgehead atoms. The highest BCUT2D eigenvalue weighted by Gasteiger charge is 2.10. The van der Waals surface area contributed by atoms with Gasteiger partial charge in [0.05, 0.1) is 12.7 Å². The van der Waals surface area contributed by atoms with Crippen molar-refractivity contribution in [3.63, 3.8) is 0 Å². The summed E-state index contributed by atoms with van der Waals surface area (Å²) in [6.45, 7) is 0. The molecule has 0 spiro atoms. The molecule has 0 atom stereocenters. The van der Waals surface area contributed by atoms with Crippen molar-refractivity contribution >= 4 is 39.5 Å². The highest BCUT2D eigenvalue weighted by Crippen LogP contribution is 2.23. The third kappa shape index (κ3) is 1.73. The molecule has 3 nitrogen and oxygen atoms in total. The Kier molecular flexibility index (Phi) is 2.68. The maximum Gasteiger partial charge on any atom is 0.337 e. The second-order valence-corrected chi connectivity index (χ2v) is 4.47. The Morgan fingerprint density at radius 2 is 2.20 bits per heavy atom. The van der Waals surface area contributed by atoms with Crippen LogP contribution >= 0.6 is 22.6 Å². The minimum absolute atomic E-state index is 0.295. The lowest BCUT2D eigenvalue weighted by Gasteiger charge is -2.03. The zero-order valence-electron chi connectivity index (χ0n) is 8.45. The summed E-state index contributed by atoms with van der Waals surface area (Å²) in [6, 6.07) is 5.73. The van der Waals surface area contributed by atoms with Crippen molar-refractivity contribution in [1.29, 1.82) is 0 Å². The molecule has 0 amide bonds. The van der Waals surface area contributed by atoms with Crippen LogP contribution in [0.5, 0.6) is 0 Å². The summed E-state index contributed by atoms with van der Waals surface area (Å²) in [7, 11) is 3.35. The average molecular weight is 315 g/mol. The van der Waals surface area contributed by atoms with Crippen molar-refractivity contribution in [1.82, 2.24) is 4.57 Å². The number of ether oxygens (including phenoxy) is 1. The Hall–Kier alpha value is -1.04. The van der Waals surface area contributed by atoms with E-state index in [9.17, 15) is 4.79 Å². The van der Waals surface area contributed by atoms with Crippen molar-refractivity contribution in [3.8, 4) is 0 Å². The summed E-state index contributed by atoms with van der Waals surface area (Å²) in [4.78, 5) is 11.4. The molecule has 0 N–H and O–H groups in total. The molecule has 0 fully saturated rings. The van der Waals surface area contributed by atoms with Gasteiger partial charge in [-0.3, -0.25) is 0 Å². The zero-order valence-corrected chi connectivity index (χ0v) is 10.6. The van der Waals surface area contributed by atoms with Gasteiger partial charge in [-0.25, -0.2) is 4.79 Å². The van der Waals surface area contributed by atoms with Crippen LogP contribution in [-0.4, -0.2) is 17.6 Å². The lowest BCUT2D eigenvalue weighted by Crippen LogP contribution is -2.02. The van der Waals surface area contributed by atoms with Gasteiger partial charge in [-0.1, -0.05) is 0 Å². The summed E-state index contributed by atoms with van der Waals surface area (Å²) < 4.78 is 7.76. The Labute approximate surface area is 101 Å². The van der Waals surface area contributed by atoms with Crippen molar-refractivity contribution in [2.45, 2.75) is 0 Å². The lowest BCUT2D eigenvalue weighted by molar-refractivity contribution is 0.0601. The molecule has 0 radical (unpaired) electrons. The number of hydrogen-bond donors (Lipinski definition) is 0. The van der Waals surface area contributed by atoms with Gasteiger partial charge >= 0.3 is 5.97 Å². The number of benzene rings is 1. The summed E-state index contributed by atoms with van der Waals surface area (Å²) in [5, 5.41) is 1.16. The molecule has 0 saturated heterocycles. The molecular formula is C11H10INO2. The van der Waals surface area contributed by atoms with Crippen LogP contribution in [0.25, 0.3) is 10.9 Å². The predicted molar refractivity (Wildman–Crippen MR) is 67.0 cm³/mol. The summed E-state index contributed by atoms with van der Waals surface area (Å²) in [5.41, 5.74) is 1.64. The quantitative estimate of drug-likeness (QED) is 0.598. The largest absolute Gasteiger partial charge is 0.465 e. The third-order valence-corrected chi connectivity index (χ3v) is 3.27. The van der Waals surface area contributed by atoms with E-state index in [1.165, 1.54) is 7.11 Å². The van der Waals surface area contributed by atoms with Gasteiger partial charge in [0.2, 0.25) is 0 Å². The second kappa shape index (κ2) is 3.84. The normalized spacial score (nSPS) is 10.6. The van der Waals surface area contributed by atoms with Crippen molar-refractivity contribution < 1.29 is 9.53 Å². The summed E-state index contributed by atoms with van der Waals surface area (Å²) in [5.74, 6) is -0.295. The number of aryl methyl sites for hydroxylation is 1. The molecule has 0 aliphatic rings. The molecule has 0 aliphatic carbocycles. The first-order chi connectivity index (χ1) is 7.13. The molecule has 2 rings (SSSR count). The van der Waals surface area contributed by atoms with Crippen LogP contribution in [0.1, 0.15) is 10.4 Å². The van der Waals surface area contributed by atoms with Gasteiger partial charge in [0, 0.05) is 27.7 Å². The number of halogens is 1. The smallest absolute Gasteiger partial charge is 0.337 e. The van der Waals surface area contributed by atoms with Crippen LogP contribution < -0.4 is 0 Å². The standard InChI is InChI=1S/C11H10INO2/c1-13-4-3-8-9(12)5-7(6-10(8)13)11(14)15-2/h3-6H,1-2H3. The number of nitrogens with zero attached hydrogens (tertiary/aromatic N) is 1. The van der Waals surface area contributed by atoms with Gasteiger partial charge in [0.15, 0.2) is 0 Å². The molecule has 1 aromatic heterocycles. The number of carbonyl (C=O) groups is 1. The van der Waals surface area contributed by atoms with Crippen molar-refractivity contribution in [3.05, 3.63) is 33.5 Å². The number of rotatable bonds is 1. The van der Waals surface area contributed by atoms with E-state index in [4.69, 9.17) is 4.74 Å². The van der Waals surface area contributed by atoms with Crippen LogP contribution in [0.2, 0.25) is 0 Å². The van der Waals surface area contributed by atoms with E-state index >= 15 is 0 Å². The number of fused-ring (bicyclic) bond motifs is 1. The fourth-order valence-corrected chi connectivity index (χ4v) is 2.35. The monoisotopic (exact) mass is 315 g/mol. The van der Waals surface area contributed by atoms with E-state index in [1.807, 2.05) is 36.0 Å². The number of methoxy groups -OCH3 is 1. The van der Waals surface area contributed by atoms with Gasteiger partial charge in [0.1, 0.15) is 0 Å². The van der Waals surface area contributed by atoms with Crippen LogP contribution in [-0.2, 0) is 11.8 Å². The minimum atomic E-state index is -0.295. The molecule has 0 unspecified atom stereocenters. The minimum Gasteiger partial charge on any atom is -0.465 e. The van der Waals surface area contributed by atoms with E-state index in [2.05, 4.69) is 22.6 Å². The van der Waals surface area contributed by atoms with Gasteiger partial charge in [0.25, 0.3) is 0 Å². The van der Waals surface area contributed by atoms with Crippen LogP contribution in [0.3, 0.4) is 0 Å². The molecule has 1 heterocycles. The predicted octanol–water partition coefficient (Wildman–Crippen LogP) is 2.57. The van der Waals surface area contributed by atoms with Gasteiger partial charge in [-0.2, -0.15) is 0 Å². The van der Waals surface area contributed by atoms with Gasteiger partial charge < -0.3 is 9.30 Å². The fourth-order valence-electron chi connectivity index (χ4n) is 1.56. The molecule has 4 heteroatoms. The molecule has 2 aromatic rings. The van der Waals surface area contributed by atoms with E-state index < -0.39 is 0 Å². The average Bonchev–Trinajstić information content (AvgIpc) is 2.60. The summed E-state index contributed by atoms with van der Waals surface area (Å²) in [6.07, 6.45) is 1.98. The maximum absolute atomic E-state index is 11.4. The van der Waals surface area contributed by atoms with E-state index in [0.29, 0.717) is 5.56 Å². The number of carbonyl (C=O) groups excluding carboxylic acids is 1. The first kappa shape index (κ1) is 10.5. The first-order valence-corrected chi connectivity index (χ1v) is 5.54. The van der Waals surface area contributed by atoms with E-state index in [1.54, 1.807) is 0 Å². The highest BCUT2D eigenvalue weighted by molar-refractivity contribution is 14.1. The molecule has 0 saturated carbocycles. The SMILES string of the molecule is COC(=O)c1cc(I)c2ccn(C)c2c1. The Bertz CT molecular complexity index is 531. The number of esters is 1. The Balaban J connectivity index is 2.70. The van der Waals surface area contributed by atoms with E-state index in [0.717, 1.165) is 14.5 Å². The van der Waals surface area contributed by atoms with Crippen molar-refractivity contribution in [2.24, 2.45) is 7.05 Å². The molecule has 78 valence electrons. The van der Waals surface area contributed by atoms with Gasteiger partial charge in [-0.05, 0) is 40.8 Å². The fraction of sp³-hybridized carbons (Fsp3) is 0.182. The topological polar surface area (TPSA) is 31.2 Å². The zero-order chi connectivity index (χ0) is 11.0. The molecule has 0 aliphatic heterocycles. The molecule has 15 heavy (non-hydrogen) atoms. The highest BCUT2D eigenvalue weighted by atomic mass is 127.